The monoisotopic (exact) mass is 305 g/mol. The maximum atomic E-state index is 11.4. The fraction of sp³-hybridized carbons (Fsp3) is 0.588. The minimum Gasteiger partial charge on any atom is -0.465 e. The maximum absolute atomic E-state index is 11.4. The number of ether oxygens (including phenoxy) is 1. The molecule has 1 aromatic rings. The highest BCUT2D eigenvalue weighted by Gasteiger charge is 2.22. The summed E-state index contributed by atoms with van der Waals surface area (Å²) in [7, 11) is 1.40. The zero-order chi connectivity index (χ0) is 15.9. The summed E-state index contributed by atoms with van der Waals surface area (Å²) in [4.78, 5) is 13.9. The van der Waals surface area contributed by atoms with E-state index >= 15 is 0 Å². The first-order chi connectivity index (χ1) is 10.6. The number of nitrogens with two attached hydrogens (primary N) is 1. The molecule has 0 aliphatic carbocycles. The molecule has 0 unspecified atom stereocenters. The summed E-state index contributed by atoms with van der Waals surface area (Å²) in [5.74, 6) is -0.297. The number of piperidine rings is 1. The first-order valence-electron chi connectivity index (χ1n) is 8.03. The third kappa shape index (κ3) is 4.45. The number of carbonyl (C=O) groups excluding carboxylic acids is 1. The van der Waals surface area contributed by atoms with Gasteiger partial charge in [0, 0.05) is 30.9 Å². The van der Waals surface area contributed by atoms with Crippen LogP contribution in [0.2, 0.25) is 0 Å². The van der Waals surface area contributed by atoms with E-state index in [2.05, 4.69) is 17.1 Å². The van der Waals surface area contributed by atoms with Crippen LogP contribution in [0.4, 0.5) is 5.69 Å². The van der Waals surface area contributed by atoms with Gasteiger partial charge in [0.25, 0.3) is 0 Å². The average molecular weight is 305 g/mol. The lowest BCUT2D eigenvalue weighted by molar-refractivity contribution is 0.0601. The van der Waals surface area contributed by atoms with Crippen molar-refractivity contribution in [2.75, 3.05) is 32.1 Å². The minimum atomic E-state index is -0.297. The van der Waals surface area contributed by atoms with Crippen LogP contribution in [0.15, 0.2) is 24.3 Å². The van der Waals surface area contributed by atoms with Gasteiger partial charge in [-0.15, -0.1) is 0 Å². The van der Waals surface area contributed by atoms with Crippen molar-refractivity contribution in [2.24, 2.45) is 5.73 Å². The summed E-state index contributed by atoms with van der Waals surface area (Å²) in [5.41, 5.74) is 7.28. The largest absolute Gasteiger partial charge is 0.465 e. The number of esters is 1. The zero-order valence-corrected chi connectivity index (χ0v) is 13.5. The molecular formula is C17H27N3O2. The van der Waals surface area contributed by atoms with Crippen LogP contribution < -0.4 is 11.1 Å². The summed E-state index contributed by atoms with van der Waals surface area (Å²) in [5, 5.41) is 3.55. The van der Waals surface area contributed by atoms with Crippen LogP contribution in [0.25, 0.3) is 0 Å². The highest BCUT2D eigenvalue weighted by Crippen LogP contribution is 2.19. The van der Waals surface area contributed by atoms with Crippen LogP contribution in [-0.4, -0.2) is 49.7 Å². The first kappa shape index (κ1) is 16.8. The number of hydrogen-bond donors (Lipinski definition) is 2. The van der Waals surface area contributed by atoms with E-state index in [1.807, 2.05) is 12.1 Å². The molecule has 1 heterocycles. The molecule has 1 saturated heterocycles. The number of nitrogens with zero attached hydrogens (tertiary/aromatic N) is 1. The van der Waals surface area contributed by atoms with E-state index in [1.54, 1.807) is 12.1 Å². The van der Waals surface area contributed by atoms with Crippen molar-refractivity contribution in [1.82, 2.24) is 4.90 Å². The van der Waals surface area contributed by atoms with Crippen molar-refractivity contribution in [1.29, 1.82) is 0 Å². The summed E-state index contributed by atoms with van der Waals surface area (Å²) in [6.45, 7) is 5.23. The summed E-state index contributed by atoms with van der Waals surface area (Å²) in [6.07, 6.45) is 3.33. The second-order valence-electron chi connectivity index (χ2n) is 5.95. The van der Waals surface area contributed by atoms with E-state index in [-0.39, 0.29) is 5.97 Å². The number of benzene rings is 1. The predicted octanol–water partition coefficient (Wildman–Crippen LogP) is 2.09. The molecule has 1 aliphatic rings. The smallest absolute Gasteiger partial charge is 0.337 e. The zero-order valence-electron chi connectivity index (χ0n) is 13.5. The predicted molar refractivity (Wildman–Crippen MR) is 89.1 cm³/mol. The highest BCUT2D eigenvalue weighted by molar-refractivity contribution is 5.89. The van der Waals surface area contributed by atoms with Gasteiger partial charge in [-0.25, -0.2) is 4.79 Å². The molecule has 1 atom stereocenters. The lowest BCUT2D eigenvalue weighted by atomic mass is 10.0. The third-order valence-corrected chi connectivity index (χ3v) is 4.41. The Labute approximate surface area is 132 Å². The molecule has 22 heavy (non-hydrogen) atoms. The molecule has 0 aromatic heterocycles. The van der Waals surface area contributed by atoms with Gasteiger partial charge >= 0.3 is 5.97 Å². The van der Waals surface area contributed by atoms with Crippen LogP contribution in [-0.2, 0) is 4.74 Å². The van der Waals surface area contributed by atoms with Gasteiger partial charge in [-0.1, -0.05) is 0 Å². The maximum Gasteiger partial charge on any atom is 0.337 e. The van der Waals surface area contributed by atoms with Crippen molar-refractivity contribution >= 4 is 11.7 Å². The summed E-state index contributed by atoms with van der Waals surface area (Å²) < 4.78 is 4.71. The molecule has 0 radical (unpaired) electrons. The number of nitrogens with one attached hydrogen (secondary N) is 1. The lowest BCUT2D eigenvalue weighted by Gasteiger charge is -2.36. The normalized spacial score (nSPS) is 18.0. The van der Waals surface area contributed by atoms with E-state index in [9.17, 15) is 4.79 Å². The molecule has 1 aliphatic heterocycles. The van der Waals surface area contributed by atoms with Gasteiger partial charge in [-0.3, -0.25) is 0 Å². The van der Waals surface area contributed by atoms with Crippen molar-refractivity contribution in [2.45, 2.75) is 38.3 Å². The quantitative estimate of drug-likeness (QED) is 0.788. The standard InChI is InChI=1S/C17H27N3O2/c1-13(7-10-18)20-11-8-16(9-12-20)19-15-5-3-14(4-6-15)17(21)22-2/h3-6,13,16,19H,7-12,18H2,1-2H3/t13-/m1/s1. The molecule has 1 aromatic carbocycles. The highest BCUT2D eigenvalue weighted by atomic mass is 16.5. The Kier molecular flexibility index (Phi) is 6.21. The van der Waals surface area contributed by atoms with E-state index < -0.39 is 0 Å². The molecule has 5 heteroatoms. The molecule has 1 fully saturated rings. The summed E-state index contributed by atoms with van der Waals surface area (Å²) >= 11 is 0. The fourth-order valence-corrected chi connectivity index (χ4v) is 2.96. The Hall–Kier alpha value is -1.59. The molecule has 0 bridgehead atoms. The molecule has 0 saturated carbocycles. The van der Waals surface area contributed by atoms with Gasteiger partial charge in [0.2, 0.25) is 0 Å². The van der Waals surface area contributed by atoms with E-state index in [1.165, 1.54) is 7.11 Å². The molecule has 3 N–H and O–H groups in total. The molecule has 0 amide bonds. The van der Waals surface area contributed by atoms with Crippen LogP contribution >= 0.6 is 0 Å². The van der Waals surface area contributed by atoms with Gasteiger partial charge in [0.05, 0.1) is 12.7 Å². The number of methoxy groups -OCH3 is 1. The first-order valence-corrected chi connectivity index (χ1v) is 8.03. The molecule has 2 rings (SSSR count). The van der Waals surface area contributed by atoms with Gasteiger partial charge in [-0.05, 0) is 57.0 Å². The van der Waals surface area contributed by atoms with Crippen LogP contribution in [0.3, 0.4) is 0 Å². The van der Waals surface area contributed by atoms with Gasteiger partial charge in [0.15, 0.2) is 0 Å². The van der Waals surface area contributed by atoms with Crippen LogP contribution in [0.5, 0.6) is 0 Å². The Bertz CT molecular complexity index is 467. The van der Waals surface area contributed by atoms with Crippen LogP contribution in [0, 0.1) is 0 Å². The lowest BCUT2D eigenvalue weighted by Crippen LogP contribution is -2.44. The second kappa shape index (κ2) is 8.15. The number of likely N-dealkylation sites (tertiary alicyclic amines) is 1. The summed E-state index contributed by atoms with van der Waals surface area (Å²) in [6, 6.07) is 8.54. The minimum absolute atomic E-state index is 0.297. The molecule has 5 nitrogen and oxygen atoms in total. The Balaban J connectivity index is 1.82. The molecule has 122 valence electrons. The van der Waals surface area contributed by atoms with Crippen molar-refractivity contribution < 1.29 is 9.53 Å². The van der Waals surface area contributed by atoms with E-state index in [0.29, 0.717) is 17.6 Å². The van der Waals surface area contributed by atoms with Gasteiger partial charge in [0.1, 0.15) is 0 Å². The number of rotatable bonds is 6. The van der Waals surface area contributed by atoms with Gasteiger partial charge in [-0.2, -0.15) is 0 Å². The Morgan fingerprint density at radius 3 is 2.55 bits per heavy atom. The topological polar surface area (TPSA) is 67.6 Å². The van der Waals surface area contributed by atoms with Crippen molar-refractivity contribution in [3.63, 3.8) is 0 Å². The number of carbonyl (C=O) groups is 1. The number of anilines is 1. The van der Waals surface area contributed by atoms with E-state index in [4.69, 9.17) is 10.5 Å². The van der Waals surface area contributed by atoms with Crippen LogP contribution in [0.1, 0.15) is 36.5 Å². The Morgan fingerprint density at radius 1 is 1.36 bits per heavy atom. The Morgan fingerprint density at radius 2 is 2.00 bits per heavy atom. The van der Waals surface area contributed by atoms with E-state index in [0.717, 1.165) is 44.6 Å². The van der Waals surface area contributed by atoms with Crippen molar-refractivity contribution in [3.05, 3.63) is 29.8 Å². The van der Waals surface area contributed by atoms with Crippen molar-refractivity contribution in [3.8, 4) is 0 Å². The molecule has 0 spiro atoms. The fourth-order valence-electron chi connectivity index (χ4n) is 2.96. The molecular weight excluding hydrogens is 278 g/mol. The average Bonchev–Trinajstić information content (AvgIpc) is 2.55. The number of hydrogen-bond acceptors (Lipinski definition) is 5. The SMILES string of the molecule is COC(=O)c1ccc(NC2CCN([C@H](C)CCN)CC2)cc1. The third-order valence-electron chi connectivity index (χ3n) is 4.41. The second-order valence-corrected chi connectivity index (χ2v) is 5.95. The van der Waals surface area contributed by atoms with Gasteiger partial charge < -0.3 is 20.7 Å².